The van der Waals surface area contributed by atoms with Gasteiger partial charge in [0.2, 0.25) is 0 Å². The number of hydrogen-bond acceptors (Lipinski definition) is 0. The maximum atomic E-state index is 2.26. The van der Waals surface area contributed by atoms with Gasteiger partial charge in [0.05, 0.1) is 0 Å². The molecule has 0 radical (unpaired) electrons. The third-order valence-corrected chi connectivity index (χ3v) is 4.10. The van der Waals surface area contributed by atoms with Gasteiger partial charge in [-0.3, -0.25) is 0 Å². The van der Waals surface area contributed by atoms with Crippen LogP contribution in [0.1, 0.15) is 27.2 Å². The van der Waals surface area contributed by atoms with Gasteiger partial charge in [-0.25, -0.2) is 0 Å². The molecule has 0 aromatic carbocycles. The zero-order valence-electron chi connectivity index (χ0n) is 6.71. The summed E-state index contributed by atoms with van der Waals surface area (Å²) in [6.45, 7) is 6.74. The van der Waals surface area contributed by atoms with E-state index in [1.807, 2.05) is 0 Å². The zero-order chi connectivity index (χ0) is 7.02. The van der Waals surface area contributed by atoms with Gasteiger partial charge >= 0.3 is 92.5 Å². The van der Waals surface area contributed by atoms with Crippen molar-refractivity contribution in [1.29, 1.82) is 0 Å². The van der Waals surface area contributed by atoms with Crippen LogP contribution in [0.15, 0.2) is 16.4 Å². The van der Waals surface area contributed by atoms with Gasteiger partial charge in [0.25, 0.3) is 0 Å². The standard InChI is InChI=1S/C8H11.K/c1-6-4-5-7(2)8(6)3;/h4H2,1-3H3;. The SMILES string of the molecule is CC1=C(C)C(C)=[C]([K])C1. The summed E-state index contributed by atoms with van der Waals surface area (Å²) in [7, 11) is 0. The van der Waals surface area contributed by atoms with Gasteiger partial charge in [-0.15, -0.1) is 0 Å². The molecule has 0 saturated heterocycles. The summed E-state index contributed by atoms with van der Waals surface area (Å²) in [4.78, 5) is 0. The van der Waals surface area contributed by atoms with Crippen LogP contribution in [-0.2, 0) is 0 Å². The molecule has 0 aromatic heterocycles. The predicted octanol–water partition coefficient (Wildman–Crippen LogP) is 2.17. The van der Waals surface area contributed by atoms with Gasteiger partial charge in [0.1, 0.15) is 0 Å². The van der Waals surface area contributed by atoms with Crippen molar-refractivity contribution >= 4 is 49.0 Å². The van der Waals surface area contributed by atoms with E-state index >= 15 is 0 Å². The van der Waals surface area contributed by atoms with Crippen LogP contribution in [0.3, 0.4) is 0 Å². The third-order valence-electron chi connectivity index (χ3n) is 2.37. The third kappa shape index (κ3) is 1.58. The van der Waals surface area contributed by atoms with Gasteiger partial charge < -0.3 is 0 Å². The Hall–Kier alpha value is 1.12. The molecule has 1 aliphatic rings. The van der Waals surface area contributed by atoms with Crippen LogP contribution in [0.2, 0.25) is 0 Å². The molecule has 9 heavy (non-hydrogen) atoms. The predicted molar refractivity (Wildman–Crippen MR) is 41.4 cm³/mol. The molecular weight excluding hydrogens is 135 g/mol. The maximum absolute atomic E-state index is 2.26. The monoisotopic (exact) mass is 146 g/mol. The number of rotatable bonds is 0. The molecule has 0 saturated carbocycles. The van der Waals surface area contributed by atoms with E-state index in [4.69, 9.17) is 0 Å². The van der Waals surface area contributed by atoms with Crippen molar-refractivity contribution in [2.24, 2.45) is 0 Å². The molecule has 0 aliphatic heterocycles. The fraction of sp³-hybridized carbons (Fsp3) is 0.500. The van der Waals surface area contributed by atoms with Crippen molar-refractivity contribution < 1.29 is 0 Å². The van der Waals surface area contributed by atoms with Crippen molar-refractivity contribution in [2.75, 3.05) is 0 Å². The van der Waals surface area contributed by atoms with Crippen LogP contribution in [0.4, 0.5) is 0 Å². The molecular formula is C8H11K. The Bertz CT molecular complexity index is 175. The van der Waals surface area contributed by atoms with Crippen molar-refractivity contribution in [3.05, 3.63) is 16.4 Å². The number of allylic oxidation sites excluding steroid dienone is 4. The fourth-order valence-electron chi connectivity index (χ4n) is 1.30. The van der Waals surface area contributed by atoms with E-state index in [-0.39, 0.29) is 0 Å². The van der Waals surface area contributed by atoms with Crippen LogP contribution < -0.4 is 0 Å². The molecule has 0 unspecified atom stereocenters. The van der Waals surface area contributed by atoms with Crippen LogP contribution in [0.25, 0.3) is 0 Å². The second-order valence-corrected chi connectivity index (χ2v) is 4.87. The molecule has 0 atom stereocenters. The van der Waals surface area contributed by atoms with Gasteiger partial charge in [-0.1, -0.05) is 0 Å². The second-order valence-electron chi connectivity index (χ2n) is 2.99. The van der Waals surface area contributed by atoms with Crippen molar-refractivity contribution in [2.45, 2.75) is 27.2 Å². The van der Waals surface area contributed by atoms with Crippen LogP contribution >= 0.6 is 0 Å². The molecule has 1 rings (SSSR count). The first kappa shape index (κ1) is 8.22. The minimum absolute atomic E-state index is 0.913. The van der Waals surface area contributed by atoms with Crippen LogP contribution in [0.5, 0.6) is 0 Å². The summed E-state index contributed by atoms with van der Waals surface area (Å²) in [6.07, 6.45) is 1.29. The van der Waals surface area contributed by atoms with E-state index in [1.54, 1.807) is 16.4 Å². The summed E-state index contributed by atoms with van der Waals surface area (Å²) < 4.78 is 1.73. The molecule has 0 aromatic rings. The first-order valence-electron chi connectivity index (χ1n) is 3.46. The molecule has 44 valence electrons. The van der Waals surface area contributed by atoms with Crippen molar-refractivity contribution in [3.63, 3.8) is 0 Å². The molecule has 0 heterocycles. The molecule has 0 spiro atoms. The molecule has 0 N–H and O–H groups in total. The Balaban J connectivity index is 2.97. The van der Waals surface area contributed by atoms with Crippen molar-refractivity contribution in [1.82, 2.24) is 0 Å². The quantitative estimate of drug-likeness (QED) is 0.459. The van der Waals surface area contributed by atoms with E-state index in [2.05, 4.69) is 20.8 Å². The van der Waals surface area contributed by atoms with Gasteiger partial charge in [-0.2, -0.15) is 0 Å². The Morgan fingerprint density at radius 1 is 1.11 bits per heavy atom. The molecule has 0 nitrogen and oxygen atoms in total. The molecule has 0 fully saturated rings. The second kappa shape index (κ2) is 3.01. The molecule has 0 amide bonds. The summed E-state index contributed by atoms with van der Waals surface area (Å²) >= 11 is 0.913. The average Bonchev–Trinajstić information content (AvgIpc) is 1.98. The van der Waals surface area contributed by atoms with Crippen molar-refractivity contribution in [3.8, 4) is 0 Å². The summed E-state index contributed by atoms with van der Waals surface area (Å²) in [5.41, 5.74) is 4.74. The normalized spacial score (nSPS) is 20.1. The van der Waals surface area contributed by atoms with Gasteiger partial charge in [-0.05, 0) is 0 Å². The Morgan fingerprint density at radius 2 is 1.67 bits per heavy atom. The summed E-state index contributed by atoms with van der Waals surface area (Å²) in [5, 5.41) is 0. The Morgan fingerprint density at radius 3 is 1.78 bits per heavy atom. The van der Waals surface area contributed by atoms with Gasteiger partial charge in [0, 0.05) is 0 Å². The Labute approximate surface area is 91.0 Å². The van der Waals surface area contributed by atoms with E-state index in [0.717, 1.165) is 49.0 Å². The van der Waals surface area contributed by atoms with Gasteiger partial charge in [0.15, 0.2) is 0 Å². The van der Waals surface area contributed by atoms with E-state index < -0.39 is 0 Å². The summed E-state index contributed by atoms with van der Waals surface area (Å²) in [5.74, 6) is 0. The number of hydrogen-bond donors (Lipinski definition) is 0. The van der Waals surface area contributed by atoms with E-state index in [1.165, 1.54) is 6.42 Å². The first-order chi connectivity index (χ1) is 4.13. The minimum atomic E-state index is 0.913. The fourth-order valence-corrected chi connectivity index (χ4v) is 2.72. The molecule has 0 bridgehead atoms. The molecule has 1 heteroatoms. The van der Waals surface area contributed by atoms with Crippen LogP contribution in [-0.4, -0.2) is 49.0 Å². The van der Waals surface area contributed by atoms with E-state index in [9.17, 15) is 0 Å². The Kier molecular flexibility index (Phi) is 2.75. The topological polar surface area (TPSA) is 0 Å². The average molecular weight is 146 g/mol. The van der Waals surface area contributed by atoms with E-state index in [0.29, 0.717) is 0 Å². The van der Waals surface area contributed by atoms with Crippen LogP contribution in [0, 0.1) is 0 Å². The summed E-state index contributed by atoms with van der Waals surface area (Å²) in [6, 6.07) is 0. The zero-order valence-corrected chi connectivity index (χ0v) is 9.83. The first-order valence-corrected chi connectivity index (χ1v) is 5.02. The molecule has 1 aliphatic carbocycles.